The van der Waals surface area contributed by atoms with Gasteiger partial charge in [-0.1, -0.05) is 6.92 Å². The highest BCUT2D eigenvalue weighted by atomic mass is 16.4. The van der Waals surface area contributed by atoms with E-state index < -0.39 is 11.5 Å². The lowest BCUT2D eigenvalue weighted by Gasteiger charge is -2.38. The van der Waals surface area contributed by atoms with Gasteiger partial charge in [-0.25, -0.2) is 9.59 Å². The molecule has 2 aliphatic heterocycles. The van der Waals surface area contributed by atoms with E-state index in [0.29, 0.717) is 19.4 Å². The van der Waals surface area contributed by atoms with Crippen molar-refractivity contribution in [2.45, 2.75) is 50.6 Å². The van der Waals surface area contributed by atoms with Crippen LogP contribution in [0.5, 0.6) is 0 Å². The number of likely N-dealkylation sites (tertiary alicyclic amines) is 2. The van der Waals surface area contributed by atoms with Crippen LogP contribution < -0.4 is 0 Å². The fourth-order valence-corrected chi connectivity index (χ4v) is 3.75. The van der Waals surface area contributed by atoms with E-state index in [2.05, 4.69) is 4.90 Å². The van der Waals surface area contributed by atoms with Crippen molar-refractivity contribution in [3.8, 4) is 0 Å². The first-order valence-electron chi connectivity index (χ1n) is 7.88. The molecular weight excluding hydrogens is 270 g/mol. The third-order valence-electron chi connectivity index (χ3n) is 4.90. The summed E-state index contributed by atoms with van der Waals surface area (Å²) in [5, 5.41) is 9.62. The van der Waals surface area contributed by atoms with Gasteiger partial charge in [0.15, 0.2) is 0 Å². The second kappa shape index (κ2) is 6.22. The average Bonchev–Trinajstić information content (AvgIpc) is 3.03. The first-order chi connectivity index (χ1) is 9.92. The van der Waals surface area contributed by atoms with Gasteiger partial charge in [0.2, 0.25) is 0 Å². The van der Waals surface area contributed by atoms with Crippen LogP contribution in [0.2, 0.25) is 0 Å². The largest absolute Gasteiger partial charge is 0.479 e. The Hall–Kier alpha value is -1.30. The van der Waals surface area contributed by atoms with E-state index in [9.17, 15) is 14.7 Å². The second-order valence-corrected chi connectivity index (χ2v) is 6.48. The number of carbonyl (C=O) groups is 2. The second-order valence-electron chi connectivity index (χ2n) is 6.48. The lowest BCUT2D eigenvalue weighted by Crippen LogP contribution is -2.58. The molecule has 6 heteroatoms. The lowest BCUT2D eigenvalue weighted by molar-refractivity contribution is -0.148. The normalized spacial score (nSPS) is 29.4. The Balaban J connectivity index is 2.16. The molecule has 2 rings (SSSR count). The summed E-state index contributed by atoms with van der Waals surface area (Å²) in [7, 11) is 4.01. The molecule has 0 aromatic heterocycles. The fraction of sp³-hybridized carbons (Fsp3) is 0.867. The van der Waals surface area contributed by atoms with Gasteiger partial charge < -0.3 is 19.8 Å². The molecule has 6 nitrogen and oxygen atoms in total. The van der Waals surface area contributed by atoms with Gasteiger partial charge in [-0.2, -0.15) is 0 Å². The molecule has 2 fully saturated rings. The van der Waals surface area contributed by atoms with Crippen molar-refractivity contribution < 1.29 is 14.7 Å². The van der Waals surface area contributed by atoms with E-state index in [-0.39, 0.29) is 12.1 Å². The van der Waals surface area contributed by atoms with Gasteiger partial charge in [0.25, 0.3) is 0 Å². The number of carbonyl (C=O) groups excluding carboxylic acids is 1. The Morgan fingerprint density at radius 1 is 1.29 bits per heavy atom. The molecule has 2 unspecified atom stereocenters. The summed E-state index contributed by atoms with van der Waals surface area (Å²) in [6.07, 6.45) is 3.82. The number of amides is 2. The number of hydrogen-bond acceptors (Lipinski definition) is 3. The van der Waals surface area contributed by atoms with Crippen molar-refractivity contribution >= 4 is 12.0 Å². The Morgan fingerprint density at radius 2 is 2.00 bits per heavy atom. The highest BCUT2D eigenvalue weighted by Gasteiger charge is 2.50. The zero-order valence-corrected chi connectivity index (χ0v) is 13.3. The highest BCUT2D eigenvalue weighted by Crippen LogP contribution is 2.35. The summed E-state index contributed by atoms with van der Waals surface area (Å²) in [6, 6.07) is 0.123. The van der Waals surface area contributed by atoms with Crippen LogP contribution in [0.25, 0.3) is 0 Å². The molecule has 0 bridgehead atoms. The molecule has 2 aliphatic rings. The molecule has 2 saturated heterocycles. The molecule has 0 aromatic carbocycles. The standard InChI is InChI=1S/C15H27N3O3/c1-4-15(13(19)20)8-6-10-18(15)14(21)17-9-5-7-12(17)11-16(2)3/h12H,4-11H2,1-3H3,(H,19,20). The fourth-order valence-electron chi connectivity index (χ4n) is 3.75. The molecule has 120 valence electrons. The van der Waals surface area contributed by atoms with E-state index in [1.54, 1.807) is 4.90 Å². The van der Waals surface area contributed by atoms with E-state index in [4.69, 9.17) is 0 Å². The maximum Gasteiger partial charge on any atom is 0.329 e. The topological polar surface area (TPSA) is 64.1 Å². The van der Waals surface area contributed by atoms with E-state index in [1.807, 2.05) is 25.9 Å². The van der Waals surface area contributed by atoms with Crippen LogP contribution >= 0.6 is 0 Å². The van der Waals surface area contributed by atoms with Gasteiger partial charge in [0.1, 0.15) is 5.54 Å². The zero-order valence-electron chi connectivity index (χ0n) is 13.3. The van der Waals surface area contributed by atoms with Gasteiger partial charge in [0, 0.05) is 25.7 Å². The molecule has 0 aliphatic carbocycles. The number of hydrogen-bond donors (Lipinski definition) is 1. The predicted molar refractivity (Wildman–Crippen MR) is 80.3 cm³/mol. The summed E-state index contributed by atoms with van der Waals surface area (Å²) in [5.74, 6) is -0.862. The molecule has 2 heterocycles. The molecule has 1 N–H and O–H groups in total. The number of nitrogens with zero attached hydrogens (tertiary/aromatic N) is 3. The first kappa shape index (κ1) is 16.1. The Kier molecular flexibility index (Phi) is 4.76. The van der Waals surface area contributed by atoms with Crippen molar-refractivity contribution in [2.75, 3.05) is 33.7 Å². The van der Waals surface area contributed by atoms with Crippen molar-refractivity contribution in [3.63, 3.8) is 0 Å². The van der Waals surface area contributed by atoms with Crippen molar-refractivity contribution in [1.29, 1.82) is 0 Å². The summed E-state index contributed by atoms with van der Waals surface area (Å²) in [4.78, 5) is 30.2. The molecule has 2 amide bonds. The molecule has 0 saturated carbocycles. The predicted octanol–water partition coefficient (Wildman–Crippen LogP) is 1.46. The number of carboxylic acid groups (broad SMARTS) is 1. The maximum atomic E-state index is 12.9. The van der Waals surface area contributed by atoms with Gasteiger partial charge in [-0.05, 0) is 46.2 Å². The highest BCUT2D eigenvalue weighted by molar-refractivity contribution is 5.87. The van der Waals surface area contributed by atoms with Crippen LogP contribution in [-0.2, 0) is 4.79 Å². The van der Waals surface area contributed by atoms with E-state index in [1.165, 1.54) is 0 Å². The number of aliphatic carboxylic acids is 1. The molecule has 0 aromatic rings. The van der Waals surface area contributed by atoms with Crippen molar-refractivity contribution in [2.24, 2.45) is 0 Å². The number of urea groups is 1. The zero-order chi connectivity index (χ0) is 15.6. The van der Waals surface area contributed by atoms with Gasteiger partial charge in [-0.3, -0.25) is 0 Å². The van der Waals surface area contributed by atoms with Crippen LogP contribution in [-0.4, -0.2) is 77.1 Å². The minimum atomic E-state index is -0.998. The van der Waals surface area contributed by atoms with E-state index in [0.717, 1.165) is 32.4 Å². The maximum absolute atomic E-state index is 12.9. The smallest absolute Gasteiger partial charge is 0.329 e. The Morgan fingerprint density at radius 3 is 2.57 bits per heavy atom. The summed E-state index contributed by atoms with van der Waals surface area (Å²) >= 11 is 0. The van der Waals surface area contributed by atoms with Crippen LogP contribution in [0.1, 0.15) is 39.0 Å². The minimum Gasteiger partial charge on any atom is -0.479 e. The van der Waals surface area contributed by atoms with E-state index >= 15 is 0 Å². The molecule has 0 radical (unpaired) electrons. The molecular formula is C15H27N3O3. The summed E-state index contributed by atoms with van der Waals surface area (Å²) in [5.41, 5.74) is -0.998. The summed E-state index contributed by atoms with van der Waals surface area (Å²) in [6.45, 7) is 4.00. The van der Waals surface area contributed by atoms with Gasteiger partial charge >= 0.3 is 12.0 Å². The van der Waals surface area contributed by atoms with Crippen molar-refractivity contribution in [3.05, 3.63) is 0 Å². The first-order valence-corrected chi connectivity index (χ1v) is 7.88. The van der Waals surface area contributed by atoms with Gasteiger partial charge in [-0.15, -0.1) is 0 Å². The number of likely N-dealkylation sites (N-methyl/N-ethyl adjacent to an activating group) is 1. The third kappa shape index (κ3) is 2.86. The quantitative estimate of drug-likeness (QED) is 0.853. The third-order valence-corrected chi connectivity index (χ3v) is 4.90. The van der Waals surface area contributed by atoms with Crippen LogP contribution in [0.4, 0.5) is 4.79 Å². The average molecular weight is 297 g/mol. The van der Waals surface area contributed by atoms with Crippen LogP contribution in [0.15, 0.2) is 0 Å². The van der Waals surface area contributed by atoms with Crippen LogP contribution in [0.3, 0.4) is 0 Å². The Labute approximate surface area is 126 Å². The van der Waals surface area contributed by atoms with Crippen molar-refractivity contribution in [1.82, 2.24) is 14.7 Å². The lowest BCUT2D eigenvalue weighted by atomic mass is 9.93. The monoisotopic (exact) mass is 297 g/mol. The molecule has 0 spiro atoms. The van der Waals surface area contributed by atoms with Gasteiger partial charge in [0.05, 0.1) is 0 Å². The number of carboxylic acids is 1. The minimum absolute atomic E-state index is 0.0823. The molecule has 21 heavy (non-hydrogen) atoms. The van der Waals surface area contributed by atoms with Crippen LogP contribution in [0, 0.1) is 0 Å². The Bertz CT molecular complexity index is 413. The summed E-state index contributed by atoms with van der Waals surface area (Å²) < 4.78 is 0. The molecule has 2 atom stereocenters. The SMILES string of the molecule is CCC1(C(=O)O)CCCN1C(=O)N1CCCC1CN(C)C. The number of rotatable bonds is 4.